The van der Waals surface area contributed by atoms with Gasteiger partial charge in [0, 0.05) is 29.7 Å². The molecule has 1 aromatic heterocycles. The fourth-order valence-electron chi connectivity index (χ4n) is 2.93. The molecule has 26 heavy (non-hydrogen) atoms. The molecule has 0 fully saturated rings. The highest BCUT2D eigenvalue weighted by atomic mass is 32.2. The van der Waals surface area contributed by atoms with Crippen molar-refractivity contribution in [1.29, 1.82) is 0 Å². The van der Waals surface area contributed by atoms with Gasteiger partial charge in [0.05, 0.1) is 11.4 Å². The quantitative estimate of drug-likeness (QED) is 0.626. The van der Waals surface area contributed by atoms with Crippen molar-refractivity contribution in [2.45, 2.75) is 25.3 Å². The van der Waals surface area contributed by atoms with E-state index in [4.69, 9.17) is 0 Å². The molecule has 0 bridgehead atoms. The maximum atomic E-state index is 12.7. The van der Waals surface area contributed by atoms with Crippen molar-refractivity contribution in [1.82, 2.24) is 14.7 Å². The van der Waals surface area contributed by atoms with Crippen molar-refractivity contribution >= 4 is 17.7 Å². The van der Waals surface area contributed by atoms with Gasteiger partial charge in [-0.15, -0.1) is 11.8 Å². The lowest BCUT2D eigenvalue weighted by molar-refractivity contribution is 0.0785. The molecule has 0 aliphatic heterocycles. The van der Waals surface area contributed by atoms with Gasteiger partial charge in [0.1, 0.15) is 0 Å². The molecule has 1 heterocycles. The van der Waals surface area contributed by atoms with Crippen LogP contribution in [0.15, 0.2) is 59.5 Å². The normalized spacial score (nSPS) is 10.8. The summed E-state index contributed by atoms with van der Waals surface area (Å²) in [7, 11) is 1.83. The Hall–Kier alpha value is -2.53. The van der Waals surface area contributed by atoms with Crippen molar-refractivity contribution in [3.05, 3.63) is 77.1 Å². The second-order valence-electron chi connectivity index (χ2n) is 6.40. The van der Waals surface area contributed by atoms with Crippen LogP contribution in [0.2, 0.25) is 0 Å². The van der Waals surface area contributed by atoms with E-state index in [1.165, 1.54) is 4.90 Å². The van der Waals surface area contributed by atoms with Gasteiger partial charge in [-0.3, -0.25) is 4.79 Å². The molecule has 0 N–H and O–H groups in total. The summed E-state index contributed by atoms with van der Waals surface area (Å²) in [4.78, 5) is 15.7. The Bertz CT molecular complexity index is 898. The number of carbonyl (C=O) groups is 1. The monoisotopic (exact) mass is 365 g/mol. The maximum Gasteiger partial charge on any atom is 0.253 e. The van der Waals surface area contributed by atoms with Crippen LogP contribution in [0.3, 0.4) is 0 Å². The number of amides is 1. The van der Waals surface area contributed by atoms with Crippen LogP contribution >= 0.6 is 11.8 Å². The molecular formula is C21H23N3OS. The second kappa shape index (κ2) is 7.79. The lowest BCUT2D eigenvalue weighted by atomic mass is 10.1. The SMILES string of the molecule is CSc1ccc(CN(C)C(=O)c2ccc(-n3nc(C)cc3C)cc2)cc1. The predicted molar refractivity (Wildman–Crippen MR) is 107 cm³/mol. The summed E-state index contributed by atoms with van der Waals surface area (Å²) in [6, 6.07) is 18.0. The zero-order valence-corrected chi connectivity index (χ0v) is 16.4. The molecule has 3 rings (SSSR count). The van der Waals surface area contributed by atoms with E-state index < -0.39 is 0 Å². The van der Waals surface area contributed by atoms with Crippen molar-refractivity contribution in [2.75, 3.05) is 13.3 Å². The molecule has 0 aliphatic carbocycles. The van der Waals surface area contributed by atoms with Gasteiger partial charge in [0.2, 0.25) is 0 Å². The van der Waals surface area contributed by atoms with E-state index in [0.717, 1.165) is 22.6 Å². The molecule has 4 nitrogen and oxygen atoms in total. The number of aromatic nitrogens is 2. The minimum atomic E-state index is 0.0128. The Labute approximate surface area is 158 Å². The Morgan fingerprint density at radius 2 is 1.73 bits per heavy atom. The number of thioether (sulfide) groups is 1. The third kappa shape index (κ3) is 3.99. The summed E-state index contributed by atoms with van der Waals surface area (Å²) in [5.41, 5.74) is 4.82. The molecule has 0 saturated heterocycles. The largest absolute Gasteiger partial charge is 0.337 e. The molecule has 0 saturated carbocycles. The number of nitrogens with zero attached hydrogens (tertiary/aromatic N) is 3. The molecule has 0 atom stereocenters. The van der Waals surface area contributed by atoms with E-state index in [2.05, 4.69) is 35.6 Å². The van der Waals surface area contributed by atoms with Gasteiger partial charge in [-0.05, 0) is 68.1 Å². The Morgan fingerprint density at radius 3 is 2.27 bits per heavy atom. The molecule has 1 amide bonds. The van der Waals surface area contributed by atoms with Crippen molar-refractivity contribution < 1.29 is 4.79 Å². The highest BCUT2D eigenvalue weighted by Gasteiger charge is 2.13. The summed E-state index contributed by atoms with van der Waals surface area (Å²) in [6.45, 7) is 4.59. The van der Waals surface area contributed by atoms with E-state index in [9.17, 15) is 4.79 Å². The van der Waals surface area contributed by atoms with Crippen molar-refractivity contribution in [3.63, 3.8) is 0 Å². The number of hydrogen-bond acceptors (Lipinski definition) is 3. The average Bonchev–Trinajstić information content (AvgIpc) is 3.00. The van der Waals surface area contributed by atoms with Gasteiger partial charge >= 0.3 is 0 Å². The summed E-state index contributed by atoms with van der Waals surface area (Å²) < 4.78 is 1.89. The van der Waals surface area contributed by atoms with Crippen molar-refractivity contribution in [3.8, 4) is 5.69 Å². The minimum absolute atomic E-state index is 0.0128. The molecule has 0 spiro atoms. The third-order valence-corrected chi connectivity index (χ3v) is 5.04. The van der Waals surface area contributed by atoms with E-state index in [-0.39, 0.29) is 5.91 Å². The Morgan fingerprint density at radius 1 is 1.08 bits per heavy atom. The average molecular weight is 366 g/mol. The highest BCUT2D eigenvalue weighted by Crippen LogP contribution is 2.17. The molecule has 0 aliphatic rings. The van der Waals surface area contributed by atoms with Gasteiger partial charge < -0.3 is 4.90 Å². The van der Waals surface area contributed by atoms with Gasteiger partial charge in [0.15, 0.2) is 0 Å². The summed E-state index contributed by atoms with van der Waals surface area (Å²) in [6.07, 6.45) is 2.06. The van der Waals surface area contributed by atoms with Crippen LogP contribution in [0.5, 0.6) is 0 Å². The van der Waals surface area contributed by atoms with Crippen molar-refractivity contribution in [2.24, 2.45) is 0 Å². The first-order valence-electron chi connectivity index (χ1n) is 8.50. The highest BCUT2D eigenvalue weighted by molar-refractivity contribution is 7.98. The van der Waals surface area contributed by atoms with Crippen LogP contribution in [-0.2, 0) is 6.54 Å². The molecule has 2 aromatic carbocycles. The molecule has 0 unspecified atom stereocenters. The van der Waals surface area contributed by atoms with Crippen LogP contribution < -0.4 is 0 Å². The molecular weight excluding hydrogens is 342 g/mol. The molecule has 134 valence electrons. The van der Waals surface area contributed by atoms with Crippen LogP contribution in [0.1, 0.15) is 27.3 Å². The van der Waals surface area contributed by atoms with Crippen LogP contribution in [-0.4, -0.2) is 33.9 Å². The van der Waals surface area contributed by atoms with Crippen LogP contribution in [0, 0.1) is 13.8 Å². The molecule has 0 radical (unpaired) electrons. The Kier molecular flexibility index (Phi) is 5.47. The maximum absolute atomic E-state index is 12.7. The standard InChI is InChI=1S/C21H23N3OS/c1-15-13-16(2)24(22-15)19-9-7-18(8-10-19)21(25)23(3)14-17-5-11-20(26-4)12-6-17/h5-13H,14H2,1-4H3. The number of carbonyl (C=O) groups excluding carboxylic acids is 1. The molecule has 5 heteroatoms. The molecule has 3 aromatic rings. The number of benzene rings is 2. The number of rotatable bonds is 5. The zero-order chi connectivity index (χ0) is 18.7. The second-order valence-corrected chi connectivity index (χ2v) is 7.27. The fourth-order valence-corrected chi connectivity index (χ4v) is 3.34. The van der Waals surface area contributed by atoms with Crippen LogP contribution in [0.4, 0.5) is 0 Å². The minimum Gasteiger partial charge on any atom is -0.337 e. The number of aryl methyl sites for hydroxylation is 2. The Balaban J connectivity index is 1.71. The lowest BCUT2D eigenvalue weighted by Gasteiger charge is -2.18. The zero-order valence-electron chi connectivity index (χ0n) is 15.6. The van der Waals surface area contributed by atoms with E-state index in [1.54, 1.807) is 16.7 Å². The van der Waals surface area contributed by atoms with Gasteiger partial charge in [-0.1, -0.05) is 12.1 Å². The van der Waals surface area contributed by atoms with Gasteiger partial charge in [-0.25, -0.2) is 4.68 Å². The summed E-state index contributed by atoms with van der Waals surface area (Å²) in [5, 5.41) is 4.48. The van der Waals surface area contributed by atoms with E-state index >= 15 is 0 Å². The third-order valence-electron chi connectivity index (χ3n) is 4.29. The lowest BCUT2D eigenvalue weighted by Crippen LogP contribution is -2.26. The summed E-state index contributed by atoms with van der Waals surface area (Å²) >= 11 is 1.71. The number of hydrogen-bond donors (Lipinski definition) is 0. The topological polar surface area (TPSA) is 38.1 Å². The summed E-state index contributed by atoms with van der Waals surface area (Å²) in [5.74, 6) is 0.0128. The van der Waals surface area contributed by atoms with Gasteiger partial charge in [-0.2, -0.15) is 5.10 Å². The van der Waals surface area contributed by atoms with Crippen LogP contribution in [0.25, 0.3) is 5.69 Å². The van der Waals surface area contributed by atoms with E-state index in [0.29, 0.717) is 12.1 Å². The first-order valence-corrected chi connectivity index (χ1v) is 9.72. The smallest absolute Gasteiger partial charge is 0.253 e. The first-order chi connectivity index (χ1) is 12.5. The fraction of sp³-hybridized carbons (Fsp3) is 0.238. The van der Waals surface area contributed by atoms with E-state index in [1.807, 2.05) is 55.9 Å². The first kappa shape index (κ1) is 18.3. The predicted octanol–water partition coefficient (Wildman–Crippen LogP) is 4.48. The van der Waals surface area contributed by atoms with Gasteiger partial charge in [0.25, 0.3) is 5.91 Å².